The maximum Gasteiger partial charge on any atom is 0.191 e. The summed E-state index contributed by atoms with van der Waals surface area (Å²) < 4.78 is 11.6. The van der Waals surface area contributed by atoms with E-state index in [2.05, 4.69) is 65.0 Å². The van der Waals surface area contributed by atoms with Crippen molar-refractivity contribution in [3.63, 3.8) is 0 Å². The minimum atomic E-state index is 0.146. The molecule has 5 nitrogen and oxygen atoms in total. The summed E-state index contributed by atoms with van der Waals surface area (Å²) >= 11 is 1.83. The van der Waals surface area contributed by atoms with Crippen molar-refractivity contribution in [2.45, 2.75) is 30.9 Å². The average Bonchev–Trinajstić information content (AvgIpc) is 3.22. The standard InChI is InChI=1S/C22H29N3O2S/c1-17-8-9-18(21(14-17)27-19-10-12-26-16-19)15-25-22(23-2)24-11-13-28-20-6-4-3-5-7-20/h3-9,14,19H,10-13,15-16H2,1-2H3,(H2,23,24,25). The number of guanidine groups is 1. The predicted molar refractivity (Wildman–Crippen MR) is 116 cm³/mol. The Balaban J connectivity index is 1.47. The summed E-state index contributed by atoms with van der Waals surface area (Å²) in [4.78, 5) is 5.60. The van der Waals surface area contributed by atoms with Gasteiger partial charge >= 0.3 is 0 Å². The fourth-order valence-electron chi connectivity index (χ4n) is 2.96. The lowest BCUT2D eigenvalue weighted by Crippen LogP contribution is -2.38. The third kappa shape index (κ3) is 6.46. The number of ether oxygens (including phenoxy) is 2. The molecule has 2 aromatic rings. The molecule has 0 aliphatic carbocycles. The Morgan fingerprint density at radius 1 is 1.21 bits per heavy atom. The molecule has 3 rings (SSSR count). The lowest BCUT2D eigenvalue weighted by Gasteiger charge is -2.18. The summed E-state index contributed by atoms with van der Waals surface area (Å²) in [5, 5.41) is 6.76. The fraction of sp³-hybridized carbons (Fsp3) is 0.409. The minimum absolute atomic E-state index is 0.146. The number of hydrogen-bond donors (Lipinski definition) is 2. The van der Waals surface area contributed by atoms with Crippen LogP contribution in [-0.4, -0.2) is 44.6 Å². The van der Waals surface area contributed by atoms with Crippen LogP contribution in [0.2, 0.25) is 0 Å². The molecule has 0 aromatic heterocycles. The zero-order valence-electron chi connectivity index (χ0n) is 16.6. The van der Waals surface area contributed by atoms with E-state index in [0.717, 1.165) is 42.6 Å². The highest BCUT2D eigenvalue weighted by atomic mass is 32.2. The quantitative estimate of drug-likeness (QED) is 0.307. The van der Waals surface area contributed by atoms with Gasteiger partial charge in [-0.25, -0.2) is 0 Å². The second-order valence-electron chi connectivity index (χ2n) is 6.73. The van der Waals surface area contributed by atoms with Gasteiger partial charge < -0.3 is 20.1 Å². The highest BCUT2D eigenvalue weighted by Crippen LogP contribution is 2.23. The molecule has 1 saturated heterocycles. The lowest BCUT2D eigenvalue weighted by atomic mass is 10.1. The van der Waals surface area contributed by atoms with Crippen LogP contribution >= 0.6 is 11.8 Å². The summed E-state index contributed by atoms with van der Waals surface area (Å²) in [6, 6.07) is 16.8. The number of thioether (sulfide) groups is 1. The first kappa shape index (κ1) is 20.6. The molecule has 28 heavy (non-hydrogen) atoms. The SMILES string of the molecule is CN=C(NCCSc1ccccc1)NCc1ccc(C)cc1OC1CCOC1. The average molecular weight is 400 g/mol. The summed E-state index contributed by atoms with van der Waals surface area (Å²) in [6.07, 6.45) is 1.09. The van der Waals surface area contributed by atoms with Gasteiger partial charge in [-0.1, -0.05) is 30.3 Å². The molecule has 1 aliphatic rings. The van der Waals surface area contributed by atoms with Gasteiger partial charge in [-0.2, -0.15) is 0 Å². The Hall–Kier alpha value is -2.18. The van der Waals surface area contributed by atoms with Crippen LogP contribution in [0.3, 0.4) is 0 Å². The van der Waals surface area contributed by atoms with Gasteiger partial charge in [0.1, 0.15) is 11.9 Å². The second-order valence-corrected chi connectivity index (χ2v) is 7.90. The Bertz CT molecular complexity index is 762. The molecule has 0 bridgehead atoms. The zero-order valence-corrected chi connectivity index (χ0v) is 17.4. The highest BCUT2D eigenvalue weighted by molar-refractivity contribution is 7.99. The molecular formula is C22H29N3O2S. The molecule has 6 heteroatoms. The van der Waals surface area contributed by atoms with E-state index in [1.165, 1.54) is 10.5 Å². The second kappa shape index (κ2) is 11.0. The topological polar surface area (TPSA) is 54.9 Å². The molecule has 150 valence electrons. The Kier molecular flexibility index (Phi) is 8.06. The predicted octanol–water partition coefficient (Wildman–Crippen LogP) is 3.62. The first-order valence-electron chi connectivity index (χ1n) is 9.71. The van der Waals surface area contributed by atoms with E-state index in [1.807, 2.05) is 17.8 Å². The van der Waals surface area contributed by atoms with Crippen LogP contribution in [0.15, 0.2) is 58.4 Å². The van der Waals surface area contributed by atoms with Crippen molar-refractivity contribution in [3.8, 4) is 5.75 Å². The number of aliphatic imine (C=N–C) groups is 1. The van der Waals surface area contributed by atoms with Crippen molar-refractivity contribution in [3.05, 3.63) is 59.7 Å². The van der Waals surface area contributed by atoms with Crippen molar-refractivity contribution < 1.29 is 9.47 Å². The Morgan fingerprint density at radius 2 is 2.07 bits per heavy atom. The van der Waals surface area contributed by atoms with Gasteiger partial charge in [0.2, 0.25) is 0 Å². The largest absolute Gasteiger partial charge is 0.488 e. The molecule has 0 amide bonds. The minimum Gasteiger partial charge on any atom is -0.488 e. The number of benzene rings is 2. The third-order valence-corrected chi connectivity index (χ3v) is 5.49. The van der Waals surface area contributed by atoms with Crippen LogP contribution < -0.4 is 15.4 Å². The molecule has 0 radical (unpaired) electrons. The van der Waals surface area contributed by atoms with Crippen molar-refractivity contribution in [1.82, 2.24) is 10.6 Å². The van der Waals surface area contributed by atoms with Crippen LogP contribution in [0, 0.1) is 6.92 Å². The maximum atomic E-state index is 6.17. The van der Waals surface area contributed by atoms with Gasteiger partial charge in [0.15, 0.2) is 5.96 Å². The van der Waals surface area contributed by atoms with Crippen molar-refractivity contribution in [1.29, 1.82) is 0 Å². The maximum absolute atomic E-state index is 6.17. The van der Waals surface area contributed by atoms with Gasteiger partial charge in [0, 0.05) is 42.8 Å². The Labute approximate surface area is 171 Å². The van der Waals surface area contributed by atoms with Crippen molar-refractivity contribution in [2.75, 3.05) is 32.6 Å². The number of nitrogens with one attached hydrogen (secondary N) is 2. The smallest absolute Gasteiger partial charge is 0.191 e. The van der Waals surface area contributed by atoms with Crippen LogP contribution in [0.1, 0.15) is 17.5 Å². The summed E-state index contributed by atoms with van der Waals surface area (Å²) in [5.41, 5.74) is 2.32. The molecule has 2 aromatic carbocycles. The van der Waals surface area contributed by atoms with Gasteiger partial charge in [-0.05, 0) is 30.7 Å². The number of rotatable bonds is 8. The first-order chi connectivity index (χ1) is 13.7. The van der Waals surface area contributed by atoms with E-state index in [4.69, 9.17) is 9.47 Å². The summed E-state index contributed by atoms with van der Waals surface area (Å²) in [5.74, 6) is 2.70. The third-order valence-electron chi connectivity index (χ3n) is 4.48. The summed E-state index contributed by atoms with van der Waals surface area (Å²) in [6.45, 7) is 5.04. The van der Waals surface area contributed by atoms with E-state index in [1.54, 1.807) is 7.05 Å². The van der Waals surface area contributed by atoms with E-state index >= 15 is 0 Å². The van der Waals surface area contributed by atoms with E-state index < -0.39 is 0 Å². The molecule has 1 unspecified atom stereocenters. The van der Waals surface area contributed by atoms with Crippen LogP contribution in [0.5, 0.6) is 5.75 Å². The van der Waals surface area contributed by atoms with E-state index in [9.17, 15) is 0 Å². The van der Waals surface area contributed by atoms with Crippen molar-refractivity contribution in [2.24, 2.45) is 4.99 Å². The van der Waals surface area contributed by atoms with Gasteiger partial charge in [-0.15, -0.1) is 11.8 Å². The molecule has 1 atom stereocenters. The van der Waals surface area contributed by atoms with Crippen LogP contribution in [-0.2, 0) is 11.3 Å². The van der Waals surface area contributed by atoms with Gasteiger partial charge in [-0.3, -0.25) is 4.99 Å². The molecular weight excluding hydrogens is 370 g/mol. The number of hydrogen-bond acceptors (Lipinski definition) is 4. The summed E-state index contributed by atoms with van der Waals surface area (Å²) in [7, 11) is 1.79. The monoisotopic (exact) mass is 399 g/mol. The first-order valence-corrected chi connectivity index (χ1v) is 10.7. The van der Waals surface area contributed by atoms with Gasteiger partial charge in [0.25, 0.3) is 0 Å². The molecule has 1 aliphatic heterocycles. The molecule has 0 spiro atoms. The molecule has 1 fully saturated rings. The number of nitrogens with zero attached hydrogens (tertiary/aromatic N) is 1. The molecule has 0 saturated carbocycles. The number of aryl methyl sites for hydroxylation is 1. The Morgan fingerprint density at radius 3 is 2.82 bits per heavy atom. The van der Waals surface area contributed by atoms with E-state index in [0.29, 0.717) is 13.2 Å². The molecule has 2 N–H and O–H groups in total. The van der Waals surface area contributed by atoms with Crippen molar-refractivity contribution >= 4 is 17.7 Å². The zero-order chi connectivity index (χ0) is 19.6. The van der Waals surface area contributed by atoms with Crippen LogP contribution in [0.4, 0.5) is 0 Å². The highest BCUT2D eigenvalue weighted by Gasteiger charge is 2.18. The van der Waals surface area contributed by atoms with Crippen LogP contribution in [0.25, 0.3) is 0 Å². The van der Waals surface area contributed by atoms with Gasteiger partial charge in [0.05, 0.1) is 13.2 Å². The molecule has 1 heterocycles. The lowest BCUT2D eigenvalue weighted by molar-refractivity contribution is 0.140. The fourth-order valence-corrected chi connectivity index (χ4v) is 3.75. The van der Waals surface area contributed by atoms with E-state index in [-0.39, 0.29) is 6.10 Å². The normalized spacial score (nSPS) is 16.8.